The first-order valence-electron chi connectivity index (χ1n) is 5.61. The molecule has 0 bridgehead atoms. The van der Waals surface area contributed by atoms with Crippen LogP contribution in [0.2, 0.25) is 0 Å². The summed E-state index contributed by atoms with van der Waals surface area (Å²) < 4.78 is 12.9. The van der Waals surface area contributed by atoms with Gasteiger partial charge in [0, 0.05) is 18.0 Å². The number of halogens is 2. The molecule has 0 fully saturated rings. The molecule has 3 heteroatoms. The minimum Gasteiger partial charge on any atom is -0.310 e. The highest BCUT2D eigenvalue weighted by Gasteiger charge is 2.06. The molecule has 0 aliphatic heterocycles. The van der Waals surface area contributed by atoms with Crippen LogP contribution in [0, 0.1) is 12.7 Å². The predicted molar refractivity (Wildman–Crippen MR) is 67.4 cm³/mol. The van der Waals surface area contributed by atoms with Gasteiger partial charge < -0.3 is 5.32 Å². The molecule has 0 aromatic heterocycles. The quantitative estimate of drug-likeness (QED) is 0.779. The van der Waals surface area contributed by atoms with Crippen LogP contribution in [0.5, 0.6) is 0 Å². The Bertz CT molecular complexity index is 339. The molecule has 16 heavy (non-hydrogen) atoms. The third-order valence-electron chi connectivity index (χ3n) is 2.62. The van der Waals surface area contributed by atoms with Crippen LogP contribution in [0.4, 0.5) is 4.39 Å². The molecule has 0 aliphatic carbocycles. The lowest BCUT2D eigenvalue weighted by Crippen LogP contribution is -2.27. The Morgan fingerprint density at radius 3 is 2.62 bits per heavy atom. The van der Waals surface area contributed by atoms with Crippen LogP contribution in [-0.2, 0) is 6.54 Å². The molecule has 1 aromatic carbocycles. The van der Waals surface area contributed by atoms with Crippen LogP contribution < -0.4 is 5.32 Å². The molecule has 0 heterocycles. The summed E-state index contributed by atoms with van der Waals surface area (Å²) in [5.41, 5.74) is 2.12. The Morgan fingerprint density at radius 1 is 1.38 bits per heavy atom. The molecule has 1 aromatic rings. The maximum absolute atomic E-state index is 12.9. The second kappa shape index (κ2) is 6.21. The van der Waals surface area contributed by atoms with E-state index in [-0.39, 0.29) is 11.2 Å². The van der Waals surface area contributed by atoms with Gasteiger partial charge in [-0.3, -0.25) is 0 Å². The number of alkyl halides is 1. The van der Waals surface area contributed by atoms with Crippen molar-refractivity contribution in [3.63, 3.8) is 0 Å². The molecule has 0 spiro atoms. The molecule has 2 atom stereocenters. The molecule has 0 radical (unpaired) electrons. The summed E-state index contributed by atoms with van der Waals surface area (Å²) in [5.74, 6) is -0.177. The van der Waals surface area contributed by atoms with Gasteiger partial charge in [-0.15, -0.1) is 11.6 Å². The second-order valence-electron chi connectivity index (χ2n) is 4.37. The summed E-state index contributed by atoms with van der Waals surface area (Å²) >= 11 is 5.92. The number of nitrogens with one attached hydrogen (secondary N) is 1. The Labute approximate surface area is 102 Å². The first kappa shape index (κ1) is 13.5. The van der Waals surface area contributed by atoms with Crippen molar-refractivity contribution in [3.8, 4) is 0 Å². The Balaban J connectivity index is 2.48. The fraction of sp³-hybridized carbons (Fsp3) is 0.538. The minimum absolute atomic E-state index is 0.177. The van der Waals surface area contributed by atoms with E-state index in [0.717, 1.165) is 24.1 Å². The number of aryl methyl sites for hydroxylation is 1. The fourth-order valence-corrected chi connectivity index (χ4v) is 1.98. The van der Waals surface area contributed by atoms with Crippen molar-refractivity contribution in [1.82, 2.24) is 5.32 Å². The van der Waals surface area contributed by atoms with Crippen LogP contribution in [0.1, 0.15) is 31.4 Å². The largest absolute Gasteiger partial charge is 0.310 e. The second-order valence-corrected chi connectivity index (χ2v) is 5.11. The molecule has 0 amide bonds. The SMILES string of the molecule is Cc1cc(F)ccc1CNC(C)CC(C)Cl. The molecule has 1 N–H and O–H groups in total. The van der Waals surface area contributed by atoms with Gasteiger partial charge in [0.15, 0.2) is 0 Å². The van der Waals surface area contributed by atoms with Crippen molar-refractivity contribution in [2.75, 3.05) is 0 Å². The maximum atomic E-state index is 12.9. The lowest BCUT2D eigenvalue weighted by molar-refractivity contribution is 0.510. The standard InChI is InChI=1S/C13H19ClFN/c1-9-6-13(15)5-4-12(9)8-16-11(3)7-10(2)14/h4-6,10-11,16H,7-8H2,1-3H3. The van der Waals surface area contributed by atoms with E-state index < -0.39 is 0 Å². The van der Waals surface area contributed by atoms with E-state index in [0.29, 0.717) is 6.04 Å². The first-order chi connectivity index (χ1) is 7.49. The predicted octanol–water partition coefficient (Wildman–Crippen LogP) is 3.63. The number of rotatable bonds is 5. The maximum Gasteiger partial charge on any atom is 0.123 e. The first-order valence-corrected chi connectivity index (χ1v) is 6.05. The Kier molecular flexibility index (Phi) is 5.23. The molecule has 2 unspecified atom stereocenters. The van der Waals surface area contributed by atoms with E-state index in [1.165, 1.54) is 6.07 Å². The van der Waals surface area contributed by atoms with Gasteiger partial charge >= 0.3 is 0 Å². The van der Waals surface area contributed by atoms with E-state index in [4.69, 9.17) is 11.6 Å². The van der Waals surface area contributed by atoms with E-state index >= 15 is 0 Å². The molecule has 1 nitrogen and oxygen atoms in total. The van der Waals surface area contributed by atoms with Gasteiger partial charge in [0.25, 0.3) is 0 Å². The van der Waals surface area contributed by atoms with Gasteiger partial charge in [0.1, 0.15) is 5.82 Å². The molecule has 0 saturated heterocycles. The highest BCUT2D eigenvalue weighted by atomic mass is 35.5. The minimum atomic E-state index is -0.177. The van der Waals surface area contributed by atoms with Crippen molar-refractivity contribution in [3.05, 3.63) is 35.1 Å². The van der Waals surface area contributed by atoms with Gasteiger partial charge in [-0.25, -0.2) is 4.39 Å². The van der Waals surface area contributed by atoms with E-state index in [2.05, 4.69) is 12.2 Å². The average Bonchev–Trinajstić information content (AvgIpc) is 2.15. The number of hydrogen-bond donors (Lipinski definition) is 1. The van der Waals surface area contributed by atoms with Crippen LogP contribution >= 0.6 is 11.6 Å². The molecule has 0 aliphatic rings. The summed E-state index contributed by atoms with van der Waals surface area (Å²) in [6.07, 6.45) is 0.932. The van der Waals surface area contributed by atoms with Crippen LogP contribution in [-0.4, -0.2) is 11.4 Å². The number of benzene rings is 1. The van der Waals surface area contributed by atoms with Crippen molar-refractivity contribution in [2.24, 2.45) is 0 Å². The monoisotopic (exact) mass is 243 g/mol. The van der Waals surface area contributed by atoms with Crippen molar-refractivity contribution in [2.45, 2.75) is 45.2 Å². The highest BCUT2D eigenvalue weighted by molar-refractivity contribution is 6.20. The van der Waals surface area contributed by atoms with E-state index in [1.807, 2.05) is 19.9 Å². The zero-order valence-electron chi connectivity index (χ0n) is 10.1. The fourth-order valence-electron chi connectivity index (χ4n) is 1.71. The summed E-state index contributed by atoms with van der Waals surface area (Å²) in [5, 5.41) is 3.56. The average molecular weight is 244 g/mol. The van der Waals surface area contributed by atoms with Crippen molar-refractivity contribution < 1.29 is 4.39 Å². The van der Waals surface area contributed by atoms with Gasteiger partial charge in [0.05, 0.1) is 0 Å². The van der Waals surface area contributed by atoms with Crippen LogP contribution in [0.15, 0.2) is 18.2 Å². The summed E-state index contributed by atoms with van der Waals surface area (Å²) in [6, 6.07) is 5.26. The lowest BCUT2D eigenvalue weighted by atomic mass is 10.1. The third-order valence-corrected chi connectivity index (χ3v) is 2.80. The van der Waals surface area contributed by atoms with Crippen molar-refractivity contribution >= 4 is 11.6 Å². The topological polar surface area (TPSA) is 12.0 Å². The molecule has 0 saturated carbocycles. The van der Waals surface area contributed by atoms with Gasteiger partial charge in [-0.1, -0.05) is 6.07 Å². The summed E-state index contributed by atoms with van der Waals surface area (Å²) in [6.45, 7) is 6.78. The lowest BCUT2D eigenvalue weighted by Gasteiger charge is -2.16. The molecule has 1 rings (SSSR count). The molecular weight excluding hydrogens is 225 g/mol. The highest BCUT2D eigenvalue weighted by Crippen LogP contribution is 2.11. The smallest absolute Gasteiger partial charge is 0.123 e. The third kappa shape index (κ3) is 4.50. The van der Waals surface area contributed by atoms with E-state index in [9.17, 15) is 4.39 Å². The van der Waals surface area contributed by atoms with E-state index in [1.54, 1.807) is 6.07 Å². The van der Waals surface area contributed by atoms with Gasteiger partial charge in [0.2, 0.25) is 0 Å². The zero-order valence-corrected chi connectivity index (χ0v) is 10.8. The zero-order chi connectivity index (χ0) is 12.1. The normalized spacial score (nSPS) is 14.8. The summed E-state index contributed by atoms with van der Waals surface area (Å²) in [7, 11) is 0. The Hall–Kier alpha value is -0.600. The summed E-state index contributed by atoms with van der Waals surface area (Å²) in [4.78, 5) is 0. The van der Waals surface area contributed by atoms with Crippen LogP contribution in [0.3, 0.4) is 0 Å². The van der Waals surface area contributed by atoms with Crippen molar-refractivity contribution in [1.29, 1.82) is 0 Å². The number of hydrogen-bond acceptors (Lipinski definition) is 1. The van der Waals surface area contributed by atoms with Gasteiger partial charge in [-0.2, -0.15) is 0 Å². The molecule has 90 valence electrons. The Morgan fingerprint density at radius 2 is 2.06 bits per heavy atom. The van der Waals surface area contributed by atoms with Crippen LogP contribution in [0.25, 0.3) is 0 Å². The van der Waals surface area contributed by atoms with Gasteiger partial charge in [-0.05, 0) is 50.5 Å². The molecular formula is C13H19ClFN.